The first kappa shape index (κ1) is 13.7. The third kappa shape index (κ3) is 2.51. The lowest BCUT2D eigenvalue weighted by molar-refractivity contribution is 0.282. The predicted molar refractivity (Wildman–Crippen MR) is 83.4 cm³/mol. The summed E-state index contributed by atoms with van der Waals surface area (Å²) in [5.74, 6) is 0.545. The number of rotatable bonds is 2. The topological polar surface area (TPSA) is 47.3 Å². The standard InChI is InChI=1S/C18H18N2O/c1-13-8-15-4-2-3-5-17(15)20(11-13)18-7-6-14(12-21)9-16(18)10-19/h2-7,9,13,21H,8,11-12H2,1H3. The molecule has 0 aromatic heterocycles. The number of nitrogens with zero attached hydrogens (tertiary/aromatic N) is 2. The Labute approximate surface area is 125 Å². The molecule has 2 aromatic rings. The number of fused-ring (bicyclic) bond motifs is 1. The van der Waals surface area contributed by atoms with E-state index in [1.165, 1.54) is 11.3 Å². The normalized spacial score (nSPS) is 17.2. The van der Waals surface area contributed by atoms with Gasteiger partial charge in [-0.1, -0.05) is 31.2 Å². The number of nitriles is 1. The maximum absolute atomic E-state index is 9.42. The van der Waals surface area contributed by atoms with Crippen molar-refractivity contribution in [3.63, 3.8) is 0 Å². The molecular weight excluding hydrogens is 260 g/mol. The predicted octanol–water partition coefficient (Wildman–Crippen LogP) is 3.38. The first-order chi connectivity index (χ1) is 10.2. The third-order valence-corrected chi connectivity index (χ3v) is 4.00. The summed E-state index contributed by atoms with van der Waals surface area (Å²) in [6.45, 7) is 3.10. The first-order valence-corrected chi connectivity index (χ1v) is 7.22. The number of hydrogen-bond donors (Lipinski definition) is 1. The summed E-state index contributed by atoms with van der Waals surface area (Å²) < 4.78 is 0. The molecule has 2 aromatic carbocycles. The van der Waals surface area contributed by atoms with Gasteiger partial charge in [0.2, 0.25) is 0 Å². The minimum absolute atomic E-state index is 0.0397. The molecule has 3 rings (SSSR count). The SMILES string of the molecule is CC1Cc2ccccc2N(c2ccc(CO)cc2C#N)C1. The first-order valence-electron chi connectivity index (χ1n) is 7.22. The Hall–Kier alpha value is -2.31. The second kappa shape index (κ2) is 5.59. The van der Waals surface area contributed by atoms with E-state index in [4.69, 9.17) is 0 Å². The number of aliphatic hydroxyl groups is 1. The smallest absolute Gasteiger partial charge is 0.101 e. The van der Waals surface area contributed by atoms with Crippen LogP contribution in [0.15, 0.2) is 42.5 Å². The molecule has 0 aliphatic carbocycles. The Morgan fingerprint density at radius 3 is 2.81 bits per heavy atom. The van der Waals surface area contributed by atoms with Crippen molar-refractivity contribution in [2.75, 3.05) is 11.4 Å². The number of aliphatic hydroxyl groups excluding tert-OH is 1. The minimum atomic E-state index is -0.0397. The van der Waals surface area contributed by atoms with E-state index in [0.29, 0.717) is 11.5 Å². The molecule has 0 saturated heterocycles. The van der Waals surface area contributed by atoms with Crippen LogP contribution in [0, 0.1) is 17.2 Å². The van der Waals surface area contributed by atoms with Gasteiger partial charge in [-0.25, -0.2) is 0 Å². The summed E-state index contributed by atoms with van der Waals surface area (Å²) in [6, 6.07) is 16.2. The van der Waals surface area contributed by atoms with Gasteiger partial charge in [0.15, 0.2) is 0 Å². The summed E-state index contributed by atoms with van der Waals surface area (Å²) in [7, 11) is 0. The molecule has 0 spiro atoms. The fraction of sp³-hybridized carbons (Fsp3) is 0.278. The Morgan fingerprint density at radius 1 is 1.24 bits per heavy atom. The van der Waals surface area contributed by atoms with Crippen LogP contribution in [0.5, 0.6) is 0 Å². The van der Waals surface area contributed by atoms with Crippen LogP contribution < -0.4 is 4.90 Å². The van der Waals surface area contributed by atoms with Gasteiger partial charge >= 0.3 is 0 Å². The van der Waals surface area contributed by atoms with E-state index in [0.717, 1.165) is 24.2 Å². The Balaban J connectivity index is 2.11. The van der Waals surface area contributed by atoms with Crippen LogP contribution in [-0.2, 0) is 13.0 Å². The highest BCUT2D eigenvalue weighted by atomic mass is 16.3. The van der Waals surface area contributed by atoms with E-state index in [9.17, 15) is 10.4 Å². The largest absolute Gasteiger partial charge is 0.392 e. The van der Waals surface area contributed by atoms with Crippen LogP contribution in [0.3, 0.4) is 0 Å². The van der Waals surface area contributed by atoms with Crippen molar-refractivity contribution in [1.82, 2.24) is 0 Å². The van der Waals surface area contributed by atoms with Crippen molar-refractivity contribution >= 4 is 11.4 Å². The lowest BCUT2D eigenvalue weighted by Gasteiger charge is -2.35. The lowest BCUT2D eigenvalue weighted by atomic mass is 9.93. The second-order valence-corrected chi connectivity index (χ2v) is 5.67. The Bertz CT molecular complexity index is 703. The van der Waals surface area contributed by atoms with Crippen LogP contribution >= 0.6 is 0 Å². The summed E-state index contributed by atoms with van der Waals surface area (Å²) in [5.41, 5.74) is 4.82. The molecular formula is C18H18N2O. The highest BCUT2D eigenvalue weighted by Crippen LogP contribution is 2.36. The molecule has 1 aliphatic rings. The molecule has 0 bridgehead atoms. The third-order valence-electron chi connectivity index (χ3n) is 4.00. The number of para-hydroxylation sites is 1. The molecule has 0 radical (unpaired) electrons. The highest BCUT2D eigenvalue weighted by Gasteiger charge is 2.24. The van der Waals surface area contributed by atoms with E-state index in [1.54, 1.807) is 6.07 Å². The summed E-state index contributed by atoms with van der Waals surface area (Å²) in [5, 5.41) is 18.7. The van der Waals surface area contributed by atoms with E-state index in [-0.39, 0.29) is 6.61 Å². The number of benzene rings is 2. The molecule has 1 unspecified atom stereocenters. The van der Waals surface area contributed by atoms with Crippen molar-refractivity contribution in [2.45, 2.75) is 20.0 Å². The van der Waals surface area contributed by atoms with Crippen molar-refractivity contribution in [2.24, 2.45) is 5.92 Å². The molecule has 3 heteroatoms. The Kier molecular flexibility index (Phi) is 3.64. The van der Waals surface area contributed by atoms with Crippen molar-refractivity contribution in [3.8, 4) is 6.07 Å². The average Bonchev–Trinajstić information content (AvgIpc) is 2.53. The van der Waals surface area contributed by atoms with Gasteiger partial charge in [0.05, 0.1) is 17.9 Å². The maximum atomic E-state index is 9.42. The van der Waals surface area contributed by atoms with Crippen LogP contribution in [0.1, 0.15) is 23.6 Å². The van der Waals surface area contributed by atoms with Crippen LogP contribution in [0.4, 0.5) is 11.4 Å². The molecule has 1 atom stereocenters. The van der Waals surface area contributed by atoms with Gasteiger partial charge in [0.25, 0.3) is 0 Å². The maximum Gasteiger partial charge on any atom is 0.101 e. The molecule has 1 aliphatic heterocycles. The lowest BCUT2D eigenvalue weighted by Crippen LogP contribution is -2.30. The van der Waals surface area contributed by atoms with Gasteiger partial charge in [-0.2, -0.15) is 5.26 Å². The van der Waals surface area contributed by atoms with E-state index in [1.807, 2.05) is 18.2 Å². The van der Waals surface area contributed by atoms with Gasteiger partial charge < -0.3 is 10.0 Å². The van der Waals surface area contributed by atoms with Gasteiger partial charge in [0.1, 0.15) is 6.07 Å². The molecule has 21 heavy (non-hydrogen) atoms. The molecule has 0 fully saturated rings. The molecule has 0 saturated carbocycles. The van der Waals surface area contributed by atoms with Gasteiger partial charge in [-0.05, 0) is 41.7 Å². The fourth-order valence-corrected chi connectivity index (χ4v) is 3.03. The second-order valence-electron chi connectivity index (χ2n) is 5.67. The molecule has 1 N–H and O–H groups in total. The molecule has 106 valence electrons. The Morgan fingerprint density at radius 2 is 2.05 bits per heavy atom. The number of anilines is 2. The van der Waals surface area contributed by atoms with Gasteiger partial charge in [-0.15, -0.1) is 0 Å². The minimum Gasteiger partial charge on any atom is -0.392 e. The zero-order chi connectivity index (χ0) is 14.8. The summed E-state index contributed by atoms with van der Waals surface area (Å²) in [4.78, 5) is 2.23. The van der Waals surface area contributed by atoms with Crippen molar-refractivity contribution in [3.05, 3.63) is 59.2 Å². The van der Waals surface area contributed by atoms with Crippen LogP contribution in [0.2, 0.25) is 0 Å². The average molecular weight is 278 g/mol. The monoisotopic (exact) mass is 278 g/mol. The summed E-state index contributed by atoms with van der Waals surface area (Å²) >= 11 is 0. The van der Waals surface area contributed by atoms with Crippen LogP contribution in [0.25, 0.3) is 0 Å². The molecule has 1 heterocycles. The van der Waals surface area contributed by atoms with E-state index in [2.05, 4.69) is 36.1 Å². The van der Waals surface area contributed by atoms with E-state index >= 15 is 0 Å². The van der Waals surface area contributed by atoms with Gasteiger partial charge in [-0.3, -0.25) is 0 Å². The van der Waals surface area contributed by atoms with Crippen LogP contribution in [-0.4, -0.2) is 11.7 Å². The van der Waals surface area contributed by atoms with Crippen molar-refractivity contribution in [1.29, 1.82) is 5.26 Å². The highest BCUT2D eigenvalue weighted by molar-refractivity contribution is 5.73. The van der Waals surface area contributed by atoms with Crippen molar-refractivity contribution < 1.29 is 5.11 Å². The zero-order valence-corrected chi connectivity index (χ0v) is 12.1. The zero-order valence-electron chi connectivity index (χ0n) is 12.1. The molecule has 3 nitrogen and oxygen atoms in total. The fourth-order valence-electron chi connectivity index (χ4n) is 3.03. The molecule has 0 amide bonds. The quantitative estimate of drug-likeness (QED) is 0.916. The van der Waals surface area contributed by atoms with E-state index < -0.39 is 0 Å². The summed E-state index contributed by atoms with van der Waals surface area (Å²) in [6.07, 6.45) is 1.07. The number of hydrogen-bond acceptors (Lipinski definition) is 3. The van der Waals surface area contributed by atoms with Gasteiger partial charge in [0, 0.05) is 12.2 Å².